The van der Waals surface area contributed by atoms with Gasteiger partial charge in [-0.1, -0.05) is 386 Å². The van der Waals surface area contributed by atoms with E-state index >= 15 is 0 Å². The molecular formula is C76H146O6. The van der Waals surface area contributed by atoms with Crippen LogP contribution < -0.4 is 0 Å². The summed E-state index contributed by atoms with van der Waals surface area (Å²) < 4.78 is 17.0. The highest BCUT2D eigenvalue weighted by atomic mass is 16.6. The van der Waals surface area contributed by atoms with Crippen LogP contribution in [0.2, 0.25) is 0 Å². The number of hydrogen-bond acceptors (Lipinski definition) is 6. The Bertz CT molecular complexity index is 1280. The molecule has 0 spiro atoms. The van der Waals surface area contributed by atoms with E-state index < -0.39 is 6.10 Å². The molecule has 0 saturated heterocycles. The standard InChI is InChI=1S/C76H146O6/c1-4-7-10-13-16-19-22-25-27-29-31-33-34-35-36-37-38-39-40-41-43-44-46-48-51-54-57-60-63-66-69-75(78)81-72-73(71-80-74(77)68-65-62-59-56-53-50-24-21-18-15-12-9-6-3)82-76(79)70-67-64-61-58-55-52-49-47-45-42-32-30-28-26-23-20-17-14-11-8-5-2/h21,24,73H,4-20,22-23,25-72H2,1-3H3/b24-21-. The number of unbranched alkanes of at least 4 members (excludes halogenated alkanes) is 58. The van der Waals surface area contributed by atoms with E-state index in [0.717, 1.165) is 64.2 Å². The van der Waals surface area contributed by atoms with Crippen molar-refractivity contribution in [2.24, 2.45) is 0 Å². The number of carbonyl (C=O) groups is 3. The average Bonchev–Trinajstić information content (AvgIpc) is 3.47. The van der Waals surface area contributed by atoms with Gasteiger partial charge in [0.2, 0.25) is 0 Å². The molecule has 0 aromatic rings. The molecular weight excluding hydrogens is 1010 g/mol. The highest BCUT2D eigenvalue weighted by Crippen LogP contribution is 2.20. The quantitative estimate of drug-likeness (QED) is 0.0261. The Balaban J connectivity index is 4.13. The normalized spacial score (nSPS) is 12.0. The molecule has 0 radical (unpaired) electrons. The Hall–Kier alpha value is -1.85. The number of rotatable bonds is 71. The highest BCUT2D eigenvalue weighted by molar-refractivity contribution is 5.71. The van der Waals surface area contributed by atoms with E-state index in [0.29, 0.717) is 19.3 Å². The third-order valence-corrected chi connectivity index (χ3v) is 17.5. The maximum atomic E-state index is 13.0. The molecule has 0 amide bonds. The highest BCUT2D eigenvalue weighted by Gasteiger charge is 2.20. The van der Waals surface area contributed by atoms with Crippen LogP contribution in [-0.4, -0.2) is 37.2 Å². The van der Waals surface area contributed by atoms with E-state index in [-0.39, 0.29) is 31.1 Å². The summed E-state index contributed by atoms with van der Waals surface area (Å²) in [7, 11) is 0. The third kappa shape index (κ3) is 68.9. The van der Waals surface area contributed by atoms with Crippen LogP contribution in [-0.2, 0) is 28.6 Å². The zero-order valence-corrected chi connectivity index (χ0v) is 56.1. The first-order valence-electron chi connectivity index (χ1n) is 37.7. The van der Waals surface area contributed by atoms with Crippen molar-refractivity contribution in [3.63, 3.8) is 0 Å². The van der Waals surface area contributed by atoms with Crippen LogP contribution in [0.15, 0.2) is 12.2 Å². The predicted molar refractivity (Wildman–Crippen MR) is 358 cm³/mol. The molecule has 82 heavy (non-hydrogen) atoms. The van der Waals surface area contributed by atoms with Gasteiger partial charge in [0.25, 0.3) is 0 Å². The number of hydrogen-bond donors (Lipinski definition) is 0. The second kappa shape index (κ2) is 71.6. The average molecular weight is 1160 g/mol. The first-order valence-corrected chi connectivity index (χ1v) is 37.7. The number of allylic oxidation sites excluding steroid dienone is 2. The van der Waals surface area contributed by atoms with Crippen LogP contribution in [0.1, 0.15) is 438 Å². The lowest BCUT2D eigenvalue weighted by atomic mass is 10.0. The summed E-state index contributed by atoms with van der Waals surface area (Å²) in [5, 5.41) is 0. The van der Waals surface area contributed by atoms with Gasteiger partial charge in [0.15, 0.2) is 6.10 Å². The van der Waals surface area contributed by atoms with E-state index in [1.54, 1.807) is 0 Å². The molecule has 0 aliphatic rings. The summed E-state index contributed by atoms with van der Waals surface area (Å²) >= 11 is 0. The fraction of sp³-hybridized carbons (Fsp3) is 0.934. The van der Waals surface area contributed by atoms with Crippen LogP contribution in [0.25, 0.3) is 0 Å². The zero-order chi connectivity index (χ0) is 59.2. The number of esters is 3. The third-order valence-electron chi connectivity index (χ3n) is 17.5. The second-order valence-electron chi connectivity index (χ2n) is 25.9. The molecule has 0 aromatic heterocycles. The van der Waals surface area contributed by atoms with Gasteiger partial charge in [0.05, 0.1) is 0 Å². The van der Waals surface area contributed by atoms with E-state index in [9.17, 15) is 14.4 Å². The Morgan fingerprint density at radius 2 is 0.402 bits per heavy atom. The zero-order valence-electron chi connectivity index (χ0n) is 56.1. The van der Waals surface area contributed by atoms with Gasteiger partial charge in [-0.05, 0) is 44.9 Å². The van der Waals surface area contributed by atoms with Gasteiger partial charge < -0.3 is 14.2 Å². The summed E-state index contributed by atoms with van der Waals surface area (Å²) in [6, 6.07) is 0. The summed E-state index contributed by atoms with van der Waals surface area (Å²) in [6.45, 7) is 6.72. The molecule has 0 fully saturated rings. The van der Waals surface area contributed by atoms with Crippen LogP contribution in [0.3, 0.4) is 0 Å². The van der Waals surface area contributed by atoms with Crippen molar-refractivity contribution in [3.8, 4) is 0 Å². The Morgan fingerprint density at radius 3 is 0.622 bits per heavy atom. The minimum atomic E-state index is -0.770. The van der Waals surface area contributed by atoms with Crippen molar-refractivity contribution < 1.29 is 28.6 Å². The molecule has 0 N–H and O–H groups in total. The Labute approximate surface area is 513 Å². The monoisotopic (exact) mass is 1160 g/mol. The maximum Gasteiger partial charge on any atom is 0.306 e. The molecule has 1 atom stereocenters. The van der Waals surface area contributed by atoms with Gasteiger partial charge in [-0.3, -0.25) is 14.4 Å². The molecule has 0 aromatic carbocycles. The van der Waals surface area contributed by atoms with Crippen molar-refractivity contribution in [2.45, 2.75) is 444 Å². The largest absolute Gasteiger partial charge is 0.462 e. The fourth-order valence-corrected chi connectivity index (χ4v) is 11.9. The van der Waals surface area contributed by atoms with Crippen molar-refractivity contribution in [1.82, 2.24) is 0 Å². The predicted octanol–water partition coefficient (Wildman–Crippen LogP) is 26.0. The van der Waals surface area contributed by atoms with Gasteiger partial charge in [-0.2, -0.15) is 0 Å². The van der Waals surface area contributed by atoms with Gasteiger partial charge in [0, 0.05) is 19.3 Å². The molecule has 0 bridgehead atoms. The van der Waals surface area contributed by atoms with E-state index in [1.165, 1.54) is 334 Å². The smallest absolute Gasteiger partial charge is 0.306 e. The van der Waals surface area contributed by atoms with Crippen molar-refractivity contribution in [3.05, 3.63) is 12.2 Å². The summed E-state index contributed by atoms with van der Waals surface area (Å²) in [6.07, 6.45) is 87.0. The lowest BCUT2D eigenvalue weighted by Gasteiger charge is -2.18. The Kier molecular flexibility index (Phi) is 70.0. The van der Waals surface area contributed by atoms with Gasteiger partial charge in [-0.25, -0.2) is 0 Å². The fourth-order valence-electron chi connectivity index (χ4n) is 11.9. The van der Waals surface area contributed by atoms with Crippen molar-refractivity contribution >= 4 is 17.9 Å². The SMILES string of the molecule is CCCCCC/C=C\CCCCCCCC(=O)OCC(COC(=O)CCCCCCCCCCCCCCCCCCCCCCCCCCCCCCCC)OC(=O)CCCCCCCCCCCCCCCCCCCCCCC. The van der Waals surface area contributed by atoms with Crippen LogP contribution in [0.4, 0.5) is 0 Å². The molecule has 6 nitrogen and oxygen atoms in total. The van der Waals surface area contributed by atoms with Crippen molar-refractivity contribution in [1.29, 1.82) is 0 Å². The summed E-state index contributed by atoms with van der Waals surface area (Å²) in [4.78, 5) is 38.5. The molecule has 0 aliphatic carbocycles. The van der Waals surface area contributed by atoms with Gasteiger partial charge in [-0.15, -0.1) is 0 Å². The van der Waals surface area contributed by atoms with E-state index in [4.69, 9.17) is 14.2 Å². The lowest BCUT2D eigenvalue weighted by molar-refractivity contribution is -0.167. The lowest BCUT2D eigenvalue weighted by Crippen LogP contribution is -2.30. The minimum Gasteiger partial charge on any atom is -0.462 e. The molecule has 0 heterocycles. The van der Waals surface area contributed by atoms with Crippen LogP contribution >= 0.6 is 0 Å². The second-order valence-corrected chi connectivity index (χ2v) is 25.9. The Morgan fingerprint density at radius 1 is 0.232 bits per heavy atom. The summed E-state index contributed by atoms with van der Waals surface area (Å²) in [5.41, 5.74) is 0. The van der Waals surface area contributed by atoms with Gasteiger partial charge in [0.1, 0.15) is 13.2 Å². The minimum absolute atomic E-state index is 0.0655. The molecule has 486 valence electrons. The molecule has 0 saturated carbocycles. The first-order chi connectivity index (χ1) is 40.5. The number of ether oxygens (including phenoxy) is 3. The molecule has 0 rings (SSSR count). The molecule has 0 aliphatic heterocycles. The van der Waals surface area contributed by atoms with Crippen LogP contribution in [0, 0.1) is 0 Å². The first kappa shape index (κ1) is 80.2. The topological polar surface area (TPSA) is 78.9 Å². The molecule has 6 heteroatoms. The van der Waals surface area contributed by atoms with Crippen LogP contribution in [0.5, 0.6) is 0 Å². The number of carbonyl (C=O) groups excluding carboxylic acids is 3. The maximum absolute atomic E-state index is 13.0. The molecule has 1 unspecified atom stereocenters. The van der Waals surface area contributed by atoms with E-state index in [1.807, 2.05) is 0 Å². The van der Waals surface area contributed by atoms with Crippen molar-refractivity contribution in [2.75, 3.05) is 13.2 Å². The van der Waals surface area contributed by atoms with Gasteiger partial charge >= 0.3 is 17.9 Å². The summed E-state index contributed by atoms with van der Waals surface area (Å²) in [5.74, 6) is -0.837. The van der Waals surface area contributed by atoms with E-state index in [2.05, 4.69) is 32.9 Å².